The second-order valence-electron chi connectivity index (χ2n) is 14.5. The van der Waals surface area contributed by atoms with Crippen LogP contribution in [0.5, 0.6) is 11.5 Å². The van der Waals surface area contributed by atoms with Crippen LogP contribution in [0.2, 0.25) is 0 Å². The van der Waals surface area contributed by atoms with Gasteiger partial charge in [-0.1, -0.05) is 195 Å². The lowest BCUT2D eigenvalue weighted by Gasteiger charge is -2.40. The summed E-state index contributed by atoms with van der Waals surface area (Å²) in [6.45, 7) is 6.30. The predicted molar refractivity (Wildman–Crippen MR) is 234 cm³/mol. The van der Waals surface area contributed by atoms with Crippen molar-refractivity contribution in [2.24, 2.45) is 0 Å². The maximum atomic E-state index is 6.91. The highest BCUT2D eigenvalue weighted by Crippen LogP contribution is 2.63. The summed E-state index contributed by atoms with van der Waals surface area (Å²) >= 11 is 0. The zero-order chi connectivity index (χ0) is 38.3. The molecule has 8 aromatic rings. The van der Waals surface area contributed by atoms with Crippen LogP contribution in [0.1, 0.15) is 34.9 Å². The second-order valence-corrected chi connectivity index (χ2v) is 14.5. The van der Waals surface area contributed by atoms with Gasteiger partial charge in [-0.05, 0) is 63.6 Å². The van der Waals surface area contributed by atoms with Crippen molar-refractivity contribution in [3.63, 3.8) is 0 Å². The summed E-state index contributed by atoms with van der Waals surface area (Å²) in [7, 11) is 0. The van der Waals surface area contributed by atoms with E-state index in [9.17, 15) is 0 Å². The molecule has 2 aliphatic rings. The van der Waals surface area contributed by atoms with E-state index in [4.69, 9.17) is 14.7 Å². The van der Waals surface area contributed by atoms with E-state index in [-0.39, 0.29) is 0 Å². The molecule has 270 valence electrons. The molecule has 0 atom stereocenters. The standard InChI is InChI=1S/C54H38N2O/c1-3-4-6-16-36(2)49-35-50(56-53(55-49)41-17-7-5-8-18-41)40-33-29-38(30-34-40)37-27-31-39(32-28-37)42-21-15-25-48-52(42)57-51-26-14-13-24-47(51)54(48)45-22-11-9-19-43(45)44-20-10-12-23-46(44)54/h3-35H,2H2,1H3/b4-3-,16-6-. The molecule has 0 saturated heterocycles. The fraction of sp³-hybridized carbons (Fsp3) is 0.0370. The number of aromatic nitrogens is 2. The zero-order valence-electron chi connectivity index (χ0n) is 31.6. The molecule has 0 N–H and O–H groups in total. The quantitative estimate of drug-likeness (QED) is 0.153. The Balaban J connectivity index is 1.01. The van der Waals surface area contributed by atoms with Crippen molar-refractivity contribution in [3.8, 4) is 67.5 Å². The van der Waals surface area contributed by atoms with Crippen LogP contribution in [0.15, 0.2) is 207 Å². The lowest BCUT2D eigenvalue weighted by atomic mass is 9.65. The molecular formula is C54H38N2O. The van der Waals surface area contributed by atoms with Crippen molar-refractivity contribution in [1.29, 1.82) is 0 Å². The summed E-state index contributed by atoms with van der Waals surface area (Å²) in [5.74, 6) is 2.46. The van der Waals surface area contributed by atoms with Gasteiger partial charge >= 0.3 is 0 Å². The van der Waals surface area contributed by atoms with E-state index in [1.165, 1.54) is 27.8 Å². The third-order valence-corrected chi connectivity index (χ3v) is 11.3. The van der Waals surface area contributed by atoms with Crippen LogP contribution < -0.4 is 4.74 Å². The molecule has 3 heteroatoms. The molecule has 1 aliphatic carbocycles. The largest absolute Gasteiger partial charge is 0.456 e. The molecule has 0 unspecified atom stereocenters. The molecule has 10 rings (SSSR count). The van der Waals surface area contributed by atoms with E-state index in [0.29, 0.717) is 5.82 Å². The van der Waals surface area contributed by atoms with Gasteiger partial charge in [0.2, 0.25) is 0 Å². The van der Waals surface area contributed by atoms with Crippen molar-refractivity contribution < 1.29 is 4.74 Å². The Hall–Kier alpha value is -7.36. The highest BCUT2D eigenvalue weighted by molar-refractivity contribution is 5.90. The number of allylic oxidation sites excluding steroid dienone is 5. The summed E-state index contributed by atoms with van der Waals surface area (Å²) in [6, 6.07) is 62.4. The number of para-hydroxylation sites is 2. The molecule has 1 spiro atoms. The van der Waals surface area contributed by atoms with Crippen LogP contribution in [0, 0.1) is 0 Å². The molecule has 7 aromatic carbocycles. The van der Waals surface area contributed by atoms with Crippen molar-refractivity contribution in [2.45, 2.75) is 12.3 Å². The Morgan fingerprint density at radius 2 is 1.07 bits per heavy atom. The highest BCUT2D eigenvalue weighted by atomic mass is 16.5. The minimum absolute atomic E-state index is 0.488. The number of fused-ring (bicyclic) bond motifs is 9. The number of rotatable bonds is 7. The smallest absolute Gasteiger partial charge is 0.160 e. The Labute approximate surface area is 333 Å². The SMILES string of the molecule is C=C(/C=C\C=C/C)c1cc(-c2ccc(-c3ccc(-c4cccc5c4Oc4ccccc4C54c5ccccc5-c5ccccc54)cc3)cc2)nc(-c2ccccc2)n1. The summed E-state index contributed by atoms with van der Waals surface area (Å²) in [5.41, 5.74) is 15.9. The van der Waals surface area contributed by atoms with Gasteiger partial charge in [-0.25, -0.2) is 9.97 Å². The van der Waals surface area contributed by atoms with E-state index in [2.05, 4.69) is 146 Å². The number of ether oxygens (including phenoxy) is 1. The summed E-state index contributed by atoms with van der Waals surface area (Å²) in [6.07, 6.45) is 7.94. The van der Waals surface area contributed by atoms with Crippen LogP contribution in [-0.2, 0) is 5.41 Å². The van der Waals surface area contributed by atoms with Crippen LogP contribution >= 0.6 is 0 Å². The van der Waals surface area contributed by atoms with Crippen molar-refractivity contribution in [3.05, 3.63) is 235 Å². The Bertz CT molecular complexity index is 2840. The first kappa shape index (κ1) is 34.2. The van der Waals surface area contributed by atoms with E-state index < -0.39 is 5.41 Å². The van der Waals surface area contributed by atoms with E-state index in [0.717, 1.165) is 67.4 Å². The molecule has 0 amide bonds. The zero-order valence-corrected chi connectivity index (χ0v) is 31.6. The van der Waals surface area contributed by atoms with Gasteiger partial charge in [-0.15, -0.1) is 0 Å². The average Bonchev–Trinajstić information content (AvgIpc) is 3.57. The van der Waals surface area contributed by atoms with Crippen molar-refractivity contribution in [2.75, 3.05) is 0 Å². The topological polar surface area (TPSA) is 35.0 Å². The fourth-order valence-corrected chi connectivity index (χ4v) is 8.63. The minimum Gasteiger partial charge on any atom is -0.456 e. The highest BCUT2D eigenvalue weighted by Gasteiger charge is 2.51. The maximum Gasteiger partial charge on any atom is 0.160 e. The average molecular weight is 731 g/mol. The molecule has 0 fully saturated rings. The van der Waals surface area contributed by atoms with Gasteiger partial charge < -0.3 is 4.74 Å². The Morgan fingerprint density at radius 3 is 1.75 bits per heavy atom. The van der Waals surface area contributed by atoms with Gasteiger partial charge in [0.05, 0.1) is 16.8 Å². The van der Waals surface area contributed by atoms with Crippen LogP contribution in [0.25, 0.3) is 61.6 Å². The number of nitrogens with zero attached hydrogens (tertiary/aromatic N) is 2. The van der Waals surface area contributed by atoms with Gasteiger partial charge in [0.15, 0.2) is 5.82 Å². The molecule has 0 saturated carbocycles. The molecule has 2 heterocycles. The third-order valence-electron chi connectivity index (χ3n) is 11.3. The van der Waals surface area contributed by atoms with E-state index in [1.54, 1.807) is 0 Å². The second kappa shape index (κ2) is 14.1. The summed E-state index contributed by atoms with van der Waals surface area (Å²) in [5, 5.41) is 0. The molecule has 1 aromatic heterocycles. The molecule has 57 heavy (non-hydrogen) atoms. The number of hydrogen-bond donors (Lipinski definition) is 0. The first-order chi connectivity index (χ1) is 28.1. The number of benzene rings is 7. The molecule has 0 bridgehead atoms. The first-order valence-electron chi connectivity index (χ1n) is 19.4. The Morgan fingerprint density at radius 1 is 0.509 bits per heavy atom. The van der Waals surface area contributed by atoms with Gasteiger partial charge in [-0.2, -0.15) is 0 Å². The lowest BCUT2D eigenvalue weighted by molar-refractivity contribution is 0.438. The van der Waals surface area contributed by atoms with Gasteiger partial charge in [-0.3, -0.25) is 0 Å². The normalized spacial score (nSPS) is 13.2. The number of hydrogen-bond acceptors (Lipinski definition) is 3. The molecule has 1 aliphatic heterocycles. The van der Waals surface area contributed by atoms with Gasteiger partial charge in [0.25, 0.3) is 0 Å². The van der Waals surface area contributed by atoms with E-state index >= 15 is 0 Å². The maximum absolute atomic E-state index is 6.91. The van der Waals surface area contributed by atoms with Gasteiger partial charge in [0.1, 0.15) is 11.5 Å². The predicted octanol–water partition coefficient (Wildman–Crippen LogP) is 13.8. The van der Waals surface area contributed by atoms with Crippen LogP contribution in [0.4, 0.5) is 0 Å². The van der Waals surface area contributed by atoms with Gasteiger partial charge in [0, 0.05) is 27.8 Å². The fourth-order valence-electron chi connectivity index (χ4n) is 8.63. The van der Waals surface area contributed by atoms with Crippen LogP contribution in [-0.4, -0.2) is 9.97 Å². The Kier molecular flexibility index (Phi) is 8.42. The first-order valence-corrected chi connectivity index (χ1v) is 19.4. The van der Waals surface area contributed by atoms with Crippen molar-refractivity contribution >= 4 is 5.57 Å². The third kappa shape index (κ3) is 5.67. The van der Waals surface area contributed by atoms with Crippen molar-refractivity contribution in [1.82, 2.24) is 9.97 Å². The summed E-state index contributed by atoms with van der Waals surface area (Å²) in [4.78, 5) is 9.89. The monoisotopic (exact) mass is 730 g/mol. The van der Waals surface area contributed by atoms with E-state index in [1.807, 2.05) is 67.6 Å². The summed E-state index contributed by atoms with van der Waals surface area (Å²) < 4.78 is 6.91. The molecule has 3 nitrogen and oxygen atoms in total. The lowest BCUT2D eigenvalue weighted by Crippen LogP contribution is -2.32. The van der Waals surface area contributed by atoms with Crippen LogP contribution in [0.3, 0.4) is 0 Å². The molecular weight excluding hydrogens is 693 g/mol. The minimum atomic E-state index is -0.488. The molecule has 0 radical (unpaired) electrons.